The Hall–Kier alpha value is -2.35. The van der Waals surface area contributed by atoms with Crippen LogP contribution in [0.4, 0.5) is 5.82 Å². The van der Waals surface area contributed by atoms with Crippen molar-refractivity contribution in [3.8, 4) is 0 Å². The first-order chi connectivity index (χ1) is 9.72. The number of aromatic nitrogens is 1. The number of aryl methyl sites for hydroxylation is 3. The molecule has 0 saturated heterocycles. The highest BCUT2D eigenvalue weighted by atomic mass is 32.2. The fourth-order valence-electron chi connectivity index (χ4n) is 2.02. The van der Waals surface area contributed by atoms with Crippen LogP contribution in [0.3, 0.4) is 0 Å². The van der Waals surface area contributed by atoms with Crippen LogP contribution in [-0.2, 0) is 10.0 Å². The van der Waals surface area contributed by atoms with E-state index in [9.17, 15) is 13.2 Å². The Morgan fingerprint density at radius 3 is 2.48 bits per heavy atom. The van der Waals surface area contributed by atoms with Crippen molar-refractivity contribution in [2.45, 2.75) is 25.7 Å². The molecule has 0 bridgehead atoms. The Balaban J connectivity index is 2.53. The van der Waals surface area contributed by atoms with Gasteiger partial charge in [-0.25, -0.2) is 18.2 Å². The predicted octanol–water partition coefficient (Wildman–Crippen LogP) is 2.10. The highest BCUT2D eigenvalue weighted by Gasteiger charge is 2.31. The smallest absolute Gasteiger partial charge is 0.340 e. The lowest BCUT2D eigenvalue weighted by Crippen LogP contribution is -2.17. The van der Waals surface area contributed by atoms with Crippen LogP contribution in [0.15, 0.2) is 27.5 Å². The summed E-state index contributed by atoms with van der Waals surface area (Å²) in [5.74, 6) is -1.19. The summed E-state index contributed by atoms with van der Waals surface area (Å²) in [5, 5.41) is 9.17. The monoisotopic (exact) mass is 310 g/mol. The standard InChI is InChI=1S/C13H14N2O5S/c1-7-5-4-6-10(14-7)15-21(18,19)12-9(3)20-8(2)11(12)13(16)17/h4-6H,1-3H3,(H,14,15)(H,16,17). The molecule has 7 nitrogen and oxygen atoms in total. The number of hydrogen-bond donors (Lipinski definition) is 2. The Labute approximate surface area is 121 Å². The first-order valence-electron chi connectivity index (χ1n) is 6.02. The van der Waals surface area contributed by atoms with Gasteiger partial charge in [0.2, 0.25) is 0 Å². The second-order valence-electron chi connectivity index (χ2n) is 4.49. The number of carbonyl (C=O) groups is 1. The first kappa shape index (κ1) is 15.0. The summed E-state index contributed by atoms with van der Waals surface area (Å²) in [6, 6.07) is 4.84. The number of anilines is 1. The van der Waals surface area contributed by atoms with Crippen molar-refractivity contribution >= 4 is 21.8 Å². The Kier molecular flexibility index (Phi) is 3.73. The van der Waals surface area contributed by atoms with Crippen molar-refractivity contribution in [3.63, 3.8) is 0 Å². The average Bonchev–Trinajstić information content (AvgIpc) is 2.64. The summed E-state index contributed by atoms with van der Waals surface area (Å²) in [6.45, 7) is 4.52. The molecule has 0 unspecified atom stereocenters. The van der Waals surface area contributed by atoms with Crippen LogP contribution in [0.25, 0.3) is 0 Å². The molecule has 0 amide bonds. The highest BCUT2D eigenvalue weighted by Crippen LogP contribution is 2.28. The maximum absolute atomic E-state index is 12.4. The second kappa shape index (κ2) is 5.21. The summed E-state index contributed by atoms with van der Waals surface area (Å²) >= 11 is 0. The van der Waals surface area contributed by atoms with Crippen molar-refractivity contribution in [3.05, 3.63) is 41.0 Å². The lowest BCUT2D eigenvalue weighted by atomic mass is 10.2. The molecule has 0 saturated carbocycles. The third-order valence-corrected chi connectivity index (χ3v) is 4.32. The molecule has 2 aromatic rings. The van der Waals surface area contributed by atoms with Crippen molar-refractivity contribution in [1.29, 1.82) is 0 Å². The van der Waals surface area contributed by atoms with E-state index < -0.39 is 16.0 Å². The first-order valence-corrected chi connectivity index (χ1v) is 7.50. The van der Waals surface area contributed by atoms with Gasteiger partial charge in [0.05, 0.1) is 0 Å². The number of carboxylic acid groups (broad SMARTS) is 1. The zero-order valence-corrected chi connectivity index (χ0v) is 12.5. The van der Waals surface area contributed by atoms with Gasteiger partial charge in [-0.1, -0.05) is 6.07 Å². The minimum atomic E-state index is -4.10. The van der Waals surface area contributed by atoms with Crippen LogP contribution in [0.2, 0.25) is 0 Å². The number of hydrogen-bond acceptors (Lipinski definition) is 5. The average molecular weight is 310 g/mol. The Morgan fingerprint density at radius 1 is 1.24 bits per heavy atom. The number of furan rings is 1. The van der Waals surface area contributed by atoms with Crippen molar-refractivity contribution < 1.29 is 22.7 Å². The van der Waals surface area contributed by atoms with Crippen molar-refractivity contribution in [2.75, 3.05) is 4.72 Å². The fraction of sp³-hybridized carbons (Fsp3) is 0.231. The number of sulfonamides is 1. The van der Waals surface area contributed by atoms with Gasteiger partial charge >= 0.3 is 5.97 Å². The van der Waals surface area contributed by atoms with E-state index in [1.54, 1.807) is 19.1 Å². The number of aromatic carboxylic acids is 1. The molecule has 0 aliphatic rings. The van der Waals surface area contributed by atoms with E-state index in [1.807, 2.05) is 0 Å². The van der Waals surface area contributed by atoms with Gasteiger partial charge in [0, 0.05) is 5.69 Å². The van der Waals surface area contributed by atoms with E-state index >= 15 is 0 Å². The quantitative estimate of drug-likeness (QED) is 0.895. The highest BCUT2D eigenvalue weighted by molar-refractivity contribution is 7.92. The number of pyridine rings is 1. The SMILES string of the molecule is Cc1cccc(NS(=O)(=O)c2c(C)oc(C)c2C(=O)O)n1. The van der Waals surface area contributed by atoms with E-state index in [-0.39, 0.29) is 27.8 Å². The Bertz CT molecular complexity index is 808. The van der Waals surface area contributed by atoms with Crippen LogP contribution >= 0.6 is 0 Å². The number of nitrogens with zero attached hydrogens (tertiary/aromatic N) is 1. The largest absolute Gasteiger partial charge is 0.478 e. The minimum absolute atomic E-state index is 0.0186. The van der Waals surface area contributed by atoms with Crippen LogP contribution in [0.1, 0.15) is 27.6 Å². The summed E-state index contributed by atoms with van der Waals surface area (Å²) in [7, 11) is -4.10. The predicted molar refractivity (Wildman–Crippen MR) is 74.9 cm³/mol. The van der Waals surface area contributed by atoms with Gasteiger partial charge in [-0.05, 0) is 32.9 Å². The molecule has 2 N–H and O–H groups in total. The summed E-state index contributed by atoms with van der Waals surface area (Å²) in [6.07, 6.45) is 0. The third-order valence-electron chi connectivity index (χ3n) is 2.81. The third kappa shape index (κ3) is 2.89. The maximum Gasteiger partial charge on any atom is 0.340 e. The molecule has 21 heavy (non-hydrogen) atoms. The lowest BCUT2D eigenvalue weighted by molar-refractivity contribution is 0.0691. The molecule has 0 atom stereocenters. The van der Waals surface area contributed by atoms with Gasteiger partial charge in [-0.2, -0.15) is 0 Å². The molecular formula is C13H14N2O5S. The van der Waals surface area contributed by atoms with Gasteiger partial charge in [0.25, 0.3) is 10.0 Å². The normalized spacial score (nSPS) is 11.4. The minimum Gasteiger partial charge on any atom is -0.478 e. The molecule has 0 radical (unpaired) electrons. The van der Waals surface area contributed by atoms with E-state index in [0.717, 1.165) is 0 Å². The zero-order valence-electron chi connectivity index (χ0n) is 11.7. The number of rotatable bonds is 4. The molecule has 8 heteroatoms. The van der Waals surface area contributed by atoms with Crippen molar-refractivity contribution in [2.24, 2.45) is 0 Å². The topological polar surface area (TPSA) is 110 Å². The molecule has 112 valence electrons. The van der Waals surface area contributed by atoms with Gasteiger partial charge in [-0.15, -0.1) is 0 Å². The van der Waals surface area contributed by atoms with E-state index in [4.69, 9.17) is 9.52 Å². The van der Waals surface area contributed by atoms with Crippen LogP contribution in [0.5, 0.6) is 0 Å². The van der Waals surface area contributed by atoms with Gasteiger partial charge in [0.1, 0.15) is 27.8 Å². The van der Waals surface area contributed by atoms with Crippen molar-refractivity contribution in [1.82, 2.24) is 4.98 Å². The van der Waals surface area contributed by atoms with Gasteiger partial charge < -0.3 is 9.52 Å². The lowest BCUT2D eigenvalue weighted by Gasteiger charge is -2.08. The second-order valence-corrected chi connectivity index (χ2v) is 6.11. The molecule has 2 heterocycles. The van der Waals surface area contributed by atoms with Crippen LogP contribution in [0, 0.1) is 20.8 Å². The molecular weight excluding hydrogens is 296 g/mol. The molecule has 0 aliphatic carbocycles. The molecule has 0 aliphatic heterocycles. The Morgan fingerprint density at radius 2 is 1.90 bits per heavy atom. The summed E-state index contributed by atoms with van der Waals surface area (Å²) in [5.41, 5.74) is 0.265. The molecule has 0 fully saturated rings. The van der Waals surface area contributed by atoms with Gasteiger partial charge in [0.15, 0.2) is 0 Å². The van der Waals surface area contributed by atoms with Crippen LogP contribution < -0.4 is 4.72 Å². The van der Waals surface area contributed by atoms with E-state index in [0.29, 0.717) is 5.69 Å². The van der Waals surface area contributed by atoms with E-state index in [1.165, 1.54) is 19.9 Å². The summed E-state index contributed by atoms with van der Waals surface area (Å²) < 4.78 is 32.2. The molecule has 0 aromatic carbocycles. The zero-order chi connectivity index (χ0) is 15.8. The fourth-order valence-corrected chi connectivity index (χ4v) is 3.43. The molecule has 0 spiro atoms. The van der Waals surface area contributed by atoms with Crippen LogP contribution in [-0.4, -0.2) is 24.5 Å². The molecule has 2 rings (SSSR count). The summed E-state index contributed by atoms with van der Waals surface area (Å²) in [4.78, 5) is 14.9. The maximum atomic E-state index is 12.4. The molecule has 2 aromatic heterocycles. The number of nitrogens with one attached hydrogen (secondary N) is 1. The van der Waals surface area contributed by atoms with Gasteiger partial charge in [-0.3, -0.25) is 4.72 Å². The number of carboxylic acids is 1. The van der Waals surface area contributed by atoms with E-state index in [2.05, 4.69) is 9.71 Å².